The Morgan fingerprint density at radius 3 is 2.61 bits per heavy atom. The van der Waals surface area contributed by atoms with Gasteiger partial charge in [-0.3, -0.25) is 9.36 Å². The minimum Gasteiger partial charge on any atom is -0.497 e. The van der Waals surface area contributed by atoms with Gasteiger partial charge in [-0.15, -0.1) is 0 Å². The molecule has 0 aliphatic carbocycles. The van der Waals surface area contributed by atoms with Gasteiger partial charge in [0.1, 0.15) is 5.75 Å². The van der Waals surface area contributed by atoms with Gasteiger partial charge in [0.05, 0.1) is 22.9 Å². The van der Waals surface area contributed by atoms with Gasteiger partial charge in [-0.2, -0.15) is 4.31 Å². The van der Waals surface area contributed by atoms with Crippen LogP contribution in [0.5, 0.6) is 5.75 Å². The van der Waals surface area contributed by atoms with Gasteiger partial charge in [-0.1, -0.05) is 0 Å². The maximum absolute atomic E-state index is 13.4. The number of aryl methyl sites for hydroxylation is 1. The van der Waals surface area contributed by atoms with E-state index in [1.807, 2.05) is 12.1 Å². The largest absolute Gasteiger partial charge is 0.497 e. The van der Waals surface area contributed by atoms with Crippen LogP contribution in [0.3, 0.4) is 0 Å². The number of nitrogens with zero attached hydrogens (tertiary/aromatic N) is 3. The molecule has 9 nitrogen and oxygen atoms in total. The molecule has 1 atom stereocenters. The van der Waals surface area contributed by atoms with Crippen molar-refractivity contribution in [3.63, 3.8) is 0 Å². The Kier molecular flexibility index (Phi) is 4.12. The fourth-order valence-corrected chi connectivity index (χ4v) is 6.18. The van der Waals surface area contributed by atoms with Crippen LogP contribution in [0.25, 0.3) is 11.1 Å². The highest BCUT2D eigenvalue weighted by Gasteiger charge is 2.55. The number of anilines is 1. The monoisotopic (exact) mass is 443 g/mol. The number of hydrogen-bond acceptors (Lipinski definition) is 6. The molecule has 3 heterocycles. The molecule has 1 aromatic heterocycles. The van der Waals surface area contributed by atoms with Crippen LogP contribution in [0, 0.1) is 0 Å². The number of oxazole rings is 1. The average Bonchev–Trinajstić information content (AvgIpc) is 3.40. The Bertz CT molecular complexity index is 1410. The number of aromatic nitrogens is 1. The lowest BCUT2D eigenvalue weighted by Crippen LogP contribution is -2.42. The van der Waals surface area contributed by atoms with E-state index in [4.69, 9.17) is 9.15 Å². The molecule has 0 unspecified atom stereocenters. The number of fused-ring (bicyclic) bond motifs is 3. The summed E-state index contributed by atoms with van der Waals surface area (Å²) in [6.07, 6.45) is 0.373. The summed E-state index contributed by atoms with van der Waals surface area (Å²) in [7, 11) is 0.913. The molecular weight excluding hydrogens is 422 g/mol. The zero-order valence-corrected chi connectivity index (χ0v) is 18.1. The minimum absolute atomic E-state index is 0.0241. The third-order valence-electron chi connectivity index (χ3n) is 6.43. The lowest BCUT2D eigenvalue weighted by atomic mass is 9.81. The summed E-state index contributed by atoms with van der Waals surface area (Å²) in [5.41, 5.74) is 1.30. The van der Waals surface area contributed by atoms with Gasteiger partial charge in [0, 0.05) is 38.9 Å². The van der Waals surface area contributed by atoms with Crippen LogP contribution in [0.15, 0.2) is 50.5 Å². The van der Waals surface area contributed by atoms with E-state index < -0.39 is 21.2 Å². The number of carbonyl (C=O) groups is 1. The number of carbonyl (C=O) groups excluding carboxylic acids is 1. The zero-order valence-electron chi connectivity index (χ0n) is 17.3. The summed E-state index contributed by atoms with van der Waals surface area (Å²) < 4.78 is 39.9. The van der Waals surface area contributed by atoms with E-state index in [9.17, 15) is 18.0 Å². The molecule has 2 aliphatic heterocycles. The van der Waals surface area contributed by atoms with Crippen LogP contribution in [-0.4, -0.2) is 50.4 Å². The van der Waals surface area contributed by atoms with Crippen molar-refractivity contribution in [3.05, 3.63) is 52.5 Å². The molecular formula is C21H21N3O6S. The zero-order chi connectivity index (χ0) is 22.1. The third kappa shape index (κ3) is 2.61. The fraction of sp³-hybridized carbons (Fsp3) is 0.333. The molecule has 2 aliphatic rings. The summed E-state index contributed by atoms with van der Waals surface area (Å²) >= 11 is 0. The number of hydrogen-bond donors (Lipinski definition) is 0. The smallest absolute Gasteiger partial charge is 0.419 e. The Hall–Kier alpha value is -3.11. The van der Waals surface area contributed by atoms with Crippen molar-refractivity contribution in [1.82, 2.24) is 8.87 Å². The second-order valence-electron chi connectivity index (χ2n) is 7.97. The van der Waals surface area contributed by atoms with Crippen LogP contribution in [0.4, 0.5) is 5.69 Å². The number of amides is 1. The van der Waals surface area contributed by atoms with Crippen molar-refractivity contribution in [2.45, 2.75) is 16.7 Å². The number of ether oxygens (including phenoxy) is 1. The van der Waals surface area contributed by atoms with Gasteiger partial charge < -0.3 is 14.1 Å². The van der Waals surface area contributed by atoms with Gasteiger partial charge in [-0.25, -0.2) is 13.2 Å². The maximum Gasteiger partial charge on any atom is 0.419 e. The quantitative estimate of drug-likeness (QED) is 0.607. The topological polar surface area (TPSA) is 102 Å². The van der Waals surface area contributed by atoms with Gasteiger partial charge >= 0.3 is 5.76 Å². The van der Waals surface area contributed by atoms with Crippen LogP contribution in [-0.2, 0) is 27.3 Å². The second kappa shape index (κ2) is 6.44. The van der Waals surface area contributed by atoms with E-state index in [1.54, 1.807) is 38.2 Å². The minimum atomic E-state index is -3.90. The Morgan fingerprint density at radius 1 is 1.10 bits per heavy atom. The maximum atomic E-state index is 13.4. The summed E-state index contributed by atoms with van der Waals surface area (Å²) in [4.78, 5) is 26.6. The molecule has 3 aromatic rings. The molecule has 31 heavy (non-hydrogen) atoms. The normalized spacial score (nSPS) is 21.4. The number of rotatable bonds is 3. The number of methoxy groups -OCH3 is 1. The highest BCUT2D eigenvalue weighted by atomic mass is 32.2. The van der Waals surface area contributed by atoms with Gasteiger partial charge in [-0.05, 0) is 42.3 Å². The molecule has 1 fully saturated rings. The second-order valence-corrected chi connectivity index (χ2v) is 9.91. The van der Waals surface area contributed by atoms with Crippen molar-refractivity contribution >= 4 is 32.7 Å². The first kappa shape index (κ1) is 19.8. The van der Waals surface area contributed by atoms with Gasteiger partial charge in [0.25, 0.3) is 0 Å². The SMILES string of the molecule is COc1ccc2c(c1)[C@]1(CCN(S(=O)(=O)c3ccc4c(c3)oc(=O)n4C)C1)C(=O)N2C. The summed E-state index contributed by atoms with van der Waals surface area (Å²) in [6.45, 7) is 0.241. The molecule has 10 heteroatoms. The van der Waals surface area contributed by atoms with Gasteiger partial charge in [0.2, 0.25) is 15.9 Å². The number of sulfonamides is 1. The highest BCUT2D eigenvalue weighted by Crippen LogP contribution is 2.48. The van der Waals surface area contributed by atoms with Crippen LogP contribution >= 0.6 is 0 Å². The first-order valence-electron chi connectivity index (χ1n) is 9.75. The molecule has 0 saturated carbocycles. The molecule has 0 radical (unpaired) electrons. The lowest BCUT2D eigenvalue weighted by molar-refractivity contribution is -0.122. The summed E-state index contributed by atoms with van der Waals surface area (Å²) in [5, 5.41) is 0. The molecule has 1 spiro atoms. The van der Waals surface area contributed by atoms with E-state index in [1.165, 1.54) is 21.0 Å². The van der Waals surface area contributed by atoms with Crippen molar-refractivity contribution in [1.29, 1.82) is 0 Å². The standard InChI is InChI=1S/C21H21N3O6S/c1-22-16-6-4-13(29-3)10-15(16)21(19(22)25)8-9-24(12-21)31(27,28)14-5-7-17-18(11-14)30-20(26)23(17)2/h4-7,10-11H,8-9,12H2,1-3H3/t21-/m1/s1. The molecule has 1 amide bonds. The predicted molar refractivity (Wildman–Crippen MR) is 113 cm³/mol. The van der Waals surface area contributed by atoms with E-state index in [-0.39, 0.29) is 29.5 Å². The van der Waals surface area contributed by atoms with E-state index in [0.29, 0.717) is 17.7 Å². The van der Waals surface area contributed by atoms with Crippen LogP contribution < -0.4 is 15.4 Å². The lowest BCUT2D eigenvalue weighted by Gasteiger charge is -2.23. The van der Waals surface area contributed by atoms with Crippen molar-refractivity contribution in [2.75, 3.05) is 32.1 Å². The average molecular weight is 443 g/mol. The number of likely N-dealkylation sites (N-methyl/N-ethyl adjacent to an activating group) is 1. The summed E-state index contributed by atoms with van der Waals surface area (Å²) in [6, 6.07) is 9.79. The Balaban J connectivity index is 1.55. The first-order chi connectivity index (χ1) is 14.7. The summed E-state index contributed by atoms with van der Waals surface area (Å²) in [5.74, 6) is -0.0696. The Labute approximate surface area is 178 Å². The van der Waals surface area contributed by atoms with Crippen LogP contribution in [0.1, 0.15) is 12.0 Å². The molecule has 2 aromatic carbocycles. The Morgan fingerprint density at radius 2 is 1.87 bits per heavy atom. The molecule has 5 rings (SSSR count). The third-order valence-corrected chi connectivity index (χ3v) is 8.27. The van der Waals surface area contributed by atoms with Crippen LogP contribution in [0.2, 0.25) is 0 Å². The van der Waals surface area contributed by atoms with Gasteiger partial charge in [0.15, 0.2) is 5.58 Å². The molecule has 162 valence electrons. The predicted octanol–water partition coefficient (Wildman–Crippen LogP) is 1.45. The van der Waals surface area contributed by atoms with Crippen molar-refractivity contribution in [3.8, 4) is 5.75 Å². The van der Waals surface area contributed by atoms with Crippen molar-refractivity contribution < 1.29 is 22.4 Å². The van der Waals surface area contributed by atoms with E-state index in [0.717, 1.165) is 11.3 Å². The fourth-order valence-electron chi connectivity index (χ4n) is 4.66. The van der Waals surface area contributed by atoms with E-state index in [2.05, 4.69) is 0 Å². The molecule has 1 saturated heterocycles. The first-order valence-corrected chi connectivity index (χ1v) is 11.2. The van der Waals surface area contributed by atoms with E-state index >= 15 is 0 Å². The van der Waals surface area contributed by atoms with Crippen molar-refractivity contribution in [2.24, 2.45) is 7.05 Å². The molecule has 0 bridgehead atoms. The number of benzene rings is 2. The highest BCUT2D eigenvalue weighted by molar-refractivity contribution is 7.89. The molecule has 0 N–H and O–H groups in total.